The first-order valence-electron chi connectivity index (χ1n) is 8.66. The molecule has 2 fully saturated rings. The third kappa shape index (κ3) is 3.99. The first-order valence-corrected chi connectivity index (χ1v) is 8.66. The fourth-order valence-electron chi connectivity index (χ4n) is 3.49. The number of nitrogens with zero attached hydrogens (tertiary/aromatic N) is 3. The normalized spacial score (nSPS) is 23.2. The second-order valence-electron chi connectivity index (χ2n) is 6.60. The predicted octanol–water partition coefficient (Wildman–Crippen LogP) is 2.23. The van der Waals surface area contributed by atoms with Gasteiger partial charge in [-0.05, 0) is 31.7 Å². The number of nitrogens with one attached hydrogen (secondary N) is 1. The standard InChI is InChI=1S/C17H26N4O2/c1-2-3-5-15(22)21-10-6-17(7-11-21)12-14(13-23-17)20-16-18-8-4-9-19-16/h4,8-9,14H,2-3,5-7,10-13H2,1H3,(H,18,19,20). The molecule has 0 aromatic carbocycles. The van der Waals surface area contributed by atoms with E-state index in [2.05, 4.69) is 22.2 Å². The first kappa shape index (κ1) is 16.2. The third-order valence-corrected chi connectivity index (χ3v) is 4.88. The summed E-state index contributed by atoms with van der Waals surface area (Å²) in [6, 6.07) is 2.06. The number of aromatic nitrogens is 2. The first-order chi connectivity index (χ1) is 11.2. The van der Waals surface area contributed by atoms with Gasteiger partial charge in [-0.1, -0.05) is 13.3 Å². The largest absolute Gasteiger partial charge is 0.373 e. The van der Waals surface area contributed by atoms with Gasteiger partial charge < -0.3 is 15.0 Å². The van der Waals surface area contributed by atoms with E-state index < -0.39 is 0 Å². The molecule has 126 valence electrons. The van der Waals surface area contributed by atoms with Crippen molar-refractivity contribution in [2.45, 2.75) is 57.1 Å². The number of piperidine rings is 1. The molecule has 6 nitrogen and oxygen atoms in total. The van der Waals surface area contributed by atoms with E-state index in [1.165, 1.54) is 0 Å². The molecule has 1 aromatic rings. The maximum Gasteiger partial charge on any atom is 0.222 e. The Morgan fingerprint density at radius 2 is 2.13 bits per heavy atom. The van der Waals surface area contributed by atoms with Crippen LogP contribution in [0.2, 0.25) is 0 Å². The van der Waals surface area contributed by atoms with E-state index in [1.807, 2.05) is 11.0 Å². The van der Waals surface area contributed by atoms with Gasteiger partial charge in [0.1, 0.15) is 0 Å². The molecule has 1 N–H and O–H groups in total. The summed E-state index contributed by atoms with van der Waals surface area (Å²) in [4.78, 5) is 22.5. The van der Waals surface area contributed by atoms with Crippen molar-refractivity contribution in [1.82, 2.24) is 14.9 Å². The Hall–Kier alpha value is -1.69. The van der Waals surface area contributed by atoms with Crippen molar-refractivity contribution >= 4 is 11.9 Å². The van der Waals surface area contributed by atoms with Crippen LogP contribution in [0.1, 0.15) is 45.4 Å². The van der Waals surface area contributed by atoms with Gasteiger partial charge in [0.25, 0.3) is 0 Å². The van der Waals surface area contributed by atoms with E-state index >= 15 is 0 Å². The highest BCUT2D eigenvalue weighted by atomic mass is 16.5. The number of carbonyl (C=O) groups excluding carboxylic acids is 1. The SMILES string of the molecule is CCCCC(=O)N1CCC2(CC1)CC(Nc1ncccn1)CO2. The molecule has 1 atom stereocenters. The Morgan fingerprint density at radius 1 is 1.39 bits per heavy atom. The molecule has 1 aromatic heterocycles. The minimum absolute atomic E-state index is 0.0754. The average molecular weight is 318 g/mol. The molecule has 23 heavy (non-hydrogen) atoms. The van der Waals surface area contributed by atoms with E-state index in [4.69, 9.17) is 4.74 Å². The van der Waals surface area contributed by atoms with Crippen LogP contribution in [-0.4, -0.2) is 52.1 Å². The Bertz CT molecular complexity index is 515. The molecule has 2 aliphatic heterocycles. The summed E-state index contributed by atoms with van der Waals surface area (Å²) >= 11 is 0. The van der Waals surface area contributed by atoms with Crippen molar-refractivity contribution < 1.29 is 9.53 Å². The van der Waals surface area contributed by atoms with Crippen LogP contribution in [-0.2, 0) is 9.53 Å². The minimum atomic E-state index is -0.0754. The maximum absolute atomic E-state index is 12.1. The van der Waals surface area contributed by atoms with Gasteiger partial charge in [-0.25, -0.2) is 9.97 Å². The lowest BCUT2D eigenvalue weighted by Gasteiger charge is -2.38. The highest BCUT2D eigenvalue weighted by molar-refractivity contribution is 5.76. The van der Waals surface area contributed by atoms with Crippen LogP contribution in [0.3, 0.4) is 0 Å². The number of hydrogen-bond donors (Lipinski definition) is 1. The molecular formula is C17H26N4O2. The molecule has 0 radical (unpaired) electrons. The number of rotatable bonds is 5. The summed E-state index contributed by atoms with van der Waals surface area (Å²) in [5.74, 6) is 0.956. The van der Waals surface area contributed by atoms with Crippen LogP contribution in [0.15, 0.2) is 18.5 Å². The molecule has 1 amide bonds. The zero-order chi connectivity index (χ0) is 16.1. The molecule has 2 aliphatic rings. The smallest absolute Gasteiger partial charge is 0.222 e. The van der Waals surface area contributed by atoms with Crippen molar-refractivity contribution in [1.29, 1.82) is 0 Å². The Labute approximate surface area is 137 Å². The van der Waals surface area contributed by atoms with Crippen molar-refractivity contribution in [3.05, 3.63) is 18.5 Å². The second-order valence-corrected chi connectivity index (χ2v) is 6.60. The highest BCUT2D eigenvalue weighted by Crippen LogP contribution is 2.36. The zero-order valence-electron chi connectivity index (χ0n) is 13.8. The summed E-state index contributed by atoms with van der Waals surface area (Å²) in [5, 5.41) is 3.35. The van der Waals surface area contributed by atoms with Crippen molar-refractivity contribution in [3.63, 3.8) is 0 Å². The van der Waals surface area contributed by atoms with Crippen molar-refractivity contribution in [2.24, 2.45) is 0 Å². The Kier molecular flexibility index (Phi) is 5.10. The zero-order valence-corrected chi connectivity index (χ0v) is 13.8. The average Bonchev–Trinajstić information content (AvgIpc) is 2.96. The van der Waals surface area contributed by atoms with Gasteiger partial charge in [-0.3, -0.25) is 4.79 Å². The fraction of sp³-hybridized carbons (Fsp3) is 0.706. The van der Waals surface area contributed by atoms with Crippen LogP contribution < -0.4 is 5.32 Å². The molecule has 1 spiro atoms. The van der Waals surface area contributed by atoms with E-state index in [-0.39, 0.29) is 11.6 Å². The van der Waals surface area contributed by atoms with Crippen LogP contribution in [0.5, 0.6) is 0 Å². The highest BCUT2D eigenvalue weighted by Gasteiger charge is 2.43. The van der Waals surface area contributed by atoms with Gasteiger partial charge in [0.15, 0.2) is 0 Å². The molecule has 0 saturated carbocycles. The lowest BCUT2D eigenvalue weighted by Crippen LogP contribution is -2.46. The second kappa shape index (κ2) is 7.25. The number of ether oxygens (including phenoxy) is 1. The molecule has 0 bridgehead atoms. The summed E-state index contributed by atoms with van der Waals surface area (Å²) < 4.78 is 6.12. The molecule has 2 saturated heterocycles. The number of likely N-dealkylation sites (tertiary alicyclic amines) is 1. The van der Waals surface area contributed by atoms with Crippen molar-refractivity contribution in [3.8, 4) is 0 Å². The predicted molar refractivity (Wildman–Crippen MR) is 88.1 cm³/mol. The van der Waals surface area contributed by atoms with Crippen molar-refractivity contribution in [2.75, 3.05) is 25.0 Å². The molecular weight excluding hydrogens is 292 g/mol. The summed E-state index contributed by atoms with van der Waals surface area (Å²) in [6.07, 6.45) is 9.03. The number of amides is 1. The molecule has 1 unspecified atom stereocenters. The molecule has 6 heteroatoms. The van der Waals surface area contributed by atoms with E-state index in [9.17, 15) is 4.79 Å². The number of anilines is 1. The van der Waals surface area contributed by atoms with Crippen LogP contribution in [0, 0.1) is 0 Å². The number of unbranched alkanes of at least 4 members (excludes halogenated alkanes) is 1. The Balaban J connectivity index is 1.48. The summed E-state index contributed by atoms with van der Waals surface area (Å²) in [5.41, 5.74) is -0.0754. The molecule has 0 aliphatic carbocycles. The van der Waals surface area contributed by atoms with Gasteiger partial charge in [-0.15, -0.1) is 0 Å². The molecule has 3 rings (SSSR count). The van der Waals surface area contributed by atoms with E-state index in [1.54, 1.807) is 12.4 Å². The summed E-state index contributed by atoms with van der Waals surface area (Å²) in [6.45, 7) is 4.44. The van der Waals surface area contributed by atoms with Gasteiger partial charge in [0.2, 0.25) is 11.9 Å². The lowest BCUT2D eigenvalue weighted by atomic mass is 9.87. The Morgan fingerprint density at radius 3 is 2.83 bits per heavy atom. The topological polar surface area (TPSA) is 67.4 Å². The molecule has 3 heterocycles. The van der Waals surface area contributed by atoms with Gasteiger partial charge in [0.05, 0.1) is 18.2 Å². The van der Waals surface area contributed by atoms with Gasteiger partial charge >= 0.3 is 0 Å². The third-order valence-electron chi connectivity index (χ3n) is 4.88. The monoisotopic (exact) mass is 318 g/mol. The van der Waals surface area contributed by atoms with Crippen LogP contribution in [0.4, 0.5) is 5.95 Å². The maximum atomic E-state index is 12.1. The van der Waals surface area contributed by atoms with E-state index in [0.29, 0.717) is 24.9 Å². The summed E-state index contributed by atoms with van der Waals surface area (Å²) in [7, 11) is 0. The van der Waals surface area contributed by atoms with Gasteiger partial charge in [0, 0.05) is 31.9 Å². The number of carbonyl (C=O) groups is 1. The number of hydrogen-bond acceptors (Lipinski definition) is 5. The lowest BCUT2D eigenvalue weighted by molar-refractivity contribution is -0.136. The fourth-order valence-corrected chi connectivity index (χ4v) is 3.49. The van der Waals surface area contributed by atoms with E-state index in [0.717, 1.165) is 45.2 Å². The van der Waals surface area contributed by atoms with Gasteiger partial charge in [-0.2, -0.15) is 0 Å². The minimum Gasteiger partial charge on any atom is -0.373 e. The quantitative estimate of drug-likeness (QED) is 0.902. The van der Waals surface area contributed by atoms with Crippen LogP contribution in [0.25, 0.3) is 0 Å². The van der Waals surface area contributed by atoms with Crippen LogP contribution >= 0.6 is 0 Å².